The summed E-state index contributed by atoms with van der Waals surface area (Å²) >= 11 is 0. The maximum absolute atomic E-state index is 11.1. The maximum Gasteiger partial charge on any atom is 0.217 e. The number of hydrogen-bond acceptors (Lipinski definition) is 6. The Morgan fingerprint density at radius 1 is 1.56 bits per heavy atom. The van der Waals surface area contributed by atoms with Crippen molar-refractivity contribution in [1.82, 2.24) is 5.32 Å². The molecule has 0 aromatic rings. The minimum Gasteiger partial charge on any atom is -0.394 e. The highest BCUT2D eigenvalue weighted by atomic mass is 16.7. The van der Waals surface area contributed by atoms with Crippen LogP contribution in [-0.2, 0) is 14.3 Å². The molecule has 0 saturated carbocycles. The highest BCUT2D eigenvalue weighted by Crippen LogP contribution is 2.21. The van der Waals surface area contributed by atoms with E-state index in [1.54, 1.807) is 0 Å². The lowest BCUT2D eigenvalue weighted by Gasteiger charge is -2.42. The fourth-order valence-corrected chi connectivity index (χ4v) is 1.91. The van der Waals surface area contributed by atoms with Crippen LogP contribution in [0.1, 0.15) is 20.3 Å². The minimum absolute atomic E-state index is 0.279. The van der Waals surface area contributed by atoms with Crippen molar-refractivity contribution < 1.29 is 24.5 Å². The zero-order chi connectivity index (χ0) is 13.7. The van der Waals surface area contributed by atoms with E-state index in [1.165, 1.54) is 6.92 Å². The monoisotopic (exact) mass is 262 g/mol. The van der Waals surface area contributed by atoms with E-state index in [-0.39, 0.29) is 12.5 Å². The van der Waals surface area contributed by atoms with E-state index >= 15 is 0 Å². The van der Waals surface area contributed by atoms with Crippen molar-refractivity contribution in [3.63, 3.8) is 0 Å². The molecule has 0 unspecified atom stereocenters. The van der Waals surface area contributed by atoms with Crippen LogP contribution in [0, 0.1) is 0 Å². The number of amides is 1. The van der Waals surface area contributed by atoms with Crippen LogP contribution in [0.25, 0.3) is 0 Å². The predicted octanol–water partition coefficient (Wildman–Crippen LogP) is -1.68. The van der Waals surface area contributed by atoms with Crippen molar-refractivity contribution in [2.75, 3.05) is 13.2 Å². The molecule has 1 aliphatic heterocycles. The number of nitrogens with one attached hydrogen (secondary N) is 1. The number of ether oxygens (including phenoxy) is 2. The van der Waals surface area contributed by atoms with Crippen LogP contribution >= 0.6 is 0 Å². The van der Waals surface area contributed by atoms with Crippen LogP contribution < -0.4 is 11.1 Å². The van der Waals surface area contributed by atoms with Gasteiger partial charge in [0.2, 0.25) is 5.91 Å². The highest BCUT2D eigenvalue weighted by Gasteiger charge is 2.44. The summed E-state index contributed by atoms with van der Waals surface area (Å²) < 4.78 is 10.9. The van der Waals surface area contributed by atoms with Gasteiger partial charge in [-0.25, -0.2) is 0 Å². The number of hydrogen-bond donors (Lipinski definition) is 4. The fourth-order valence-electron chi connectivity index (χ4n) is 1.91. The second-order valence-electron chi connectivity index (χ2n) is 4.39. The van der Waals surface area contributed by atoms with Gasteiger partial charge in [0.05, 0.1) is 24.8 Å². The molecule has 0 aromatic carbocycles. The molecule has 7 heteroatoms. The molecule has 1 heterocycles. The van der Waals surface area contributed by atoms with E-state index in [4.69, 9.17) is 20.3 Å². The minimum atomic E-state index is -1.05. The molecule has 0 radical (unpaired) electrons. The molecule has 106 valence electrons. The van der Waals surface area contributed by atoms with Crippen molar-refractivity contribution in [3.8, 4) is 0 Å². The number of nitrogens with two attached hydrogens (primary N) is 1. The van der Waals surface area contributed by atoms with Gasteiger partial charge in [-0.2, -0.15) is 0 Å². The van der Waals surface area contributed by atoms with Gasteiger partial charge >= 0.3 is 0 Å². The first kappa shape index (κ1) is 15.3. The van der Waals surface area contributed by atoms with Crippen molar-refractivity contribution in [3.05, 3.63) is 0 Å². The molecule has 5 atom stereocenters. The summed E-state index contributed by atoms with van der Waals surface area (Å²) in [6, 6.07) is -1.38. The second kappa shape index (κ2) is 7.01. The van der Waals surface area contributed by atoms with Gasteiger partial charge in [0, 0.05) is 13.5 Å². The number of carbonyl (C=O) groups excluding carboxylic acids is 1. The molecule has 18 heavy (non-hydrogen) atoms. The first-order valence-electron chi connectivity index (χ1n) is 6.10. The molecule has 1 saturated heterocycles. The van der Waals surface area contributed by atoms with E-state index in [2.05, 4.69) is 5.32 Å². The zero-order valence-electron chi connectivity index (χ0n) is 10.7. The summed E-state index contributed by atoms with van der Waals surface area (Å²) in [5.74, 6) is -0.279. The lowest BCUT2D eigenvalue weighted by atomic mass is 9.95. The molecular weight excluding hydrogens is 240 g/mol. The summed E-state index contributed by atoms with van der Waals surface area (Å²) in [6.07, 6.45) is -1.82. The Bertz CT molecular complexity index is 276. The average Bonchev–Trinajstić information content (AvgIpc) is 2.33. The number of aliphatic hydroxyl groups is 2. The maximum atomic E-state index is 11.1. The van der Waals surface area contributed by atoms with Crippen molar-refractivity contribution in [1.29, 1.82) is 0 Å². The smallest absolute Gasteiger partial charge is 0.217 e. The molecule has 5 N–H and O–H groups in total. The van der Waals surface area contributed by atoms with Crippen molar-refractivity contribution in [2.24, 2.45) is 5.73 Å². The van der Waals surface area contributed by atoms with Crippen LogP contribution in [-0.4, -0.2) is 59.9 Å². The molecule has 0 bridgehead atoms. The fraction of sp³-hybridized carbons (Fsp3) is 0.909. The summed E-state index contributed by atoms with van der Waals surface area (Å²) in [6.45, 7) is 3.39. The second-order valence-corrected chi connectivity index (χ2v) is 4.39. The Hall–Kier alpha value is -0.730. The Balaban J connectivity index is 2.76. The molecule has 0 aliphatic carbocycles. The molecule has 7 nitrogen and oxygen atoms in total. The van der Waals surface area contributed by atoms with Crippen LogP contribution in [0.5, 0.6) is 0 Å². The highest BCUT2D eigenvalue weighted by molar-refractivity contribution is 5.73. The lowest BCUT2D eigenvalue weighted by molar-refractivity contribution is -0.246. The molecule has 0 aromatic heterocycles. The Morgan fingerprint density at radius 2 is 2.22 bits per heavy atom. The predicted molar refractivity (Wildman–Crippen MR) is 63.6 cm³/mol. The summed E-state index contributed by atoms with van der Waals surface area (Å²) in [7, 11) is 0. The van der Waals surface area contributed by atoms with Crippen LogP contribution in [0.2, 0.25) is 0 Å². The standard InChI is InChI=1S/C11H22N2O5/c1-3-4-17-11-9(13-6(2)15)8(12)10(16)7(5-14)18-11/h7-11,14,16H,3-5,12H2,1-2H3,(H,13,15)/t7-,8-,9-,10-,11-/m1/s1. The first-order valence-corrected chi connectivity index (χ1v) is 6.10. The quantitative estimate of drug-likeness (QED) is 0.471. The average molecular weight is 262 g/mol. The van der Waals surface area contributed by atoms with Gasteiger partial charge in [-0.3, -0.25) is 4.79 Å². The molecular formula is C11H22N2O5. The summed E-state index contributed by atoms with van der Waals surface area (Å²) in [5, 5.41) is 21.6. The van der Waals surface area contributed by atoms with Crippen LogP contribution in [0.3, 0.4) is 0 Å². The third kappa shape index (κ3) is 3.63. The van der Waals surface area contributed by atoms with Gasteiger partial charge in [-0.1, -0.05) is 6.92 Å². The van der Waals surface area contributed by atoms with Gasteiger partial charge in [-0.15, -0.1) is 0 Å². The molecule has 1 aliphatic rings. The van der Waals surface area contributed by atoms with E-state index in [9.17, 15) is 9.90 Å². The SMILES string of the molecule is CCCO[C@@H]1O[C@H](CO)[C@@H](O)[C@H](N)[C@H]1NC(C)=O. The van der Waals surface area contributed by atoms with Gasteiger partial charge in [0.1, 0.15) is 6.10 Å². The topological polar surface area (TPSA) is 114 Å². The van der Waals surface area contributed by atoms with Gasteiger partial charge in [0.25, 0.3) is 0 Å². The zero-order valence-corrected chi connectivity index (χ0v) is 10.7. The van der Waals surface area contributed by atoms with Gasteiger partial charge < -0.3 is 30.7 Å². The Labute approximate surface area is 106 Å². The number of aliphatic hydroxyl groups excluding tert-OH is 2. The first-order chi connectivity index (χ1) is 8.51. The van der Waals surface area contributed by atoms with Crippen LogP contribution in [0.15, 0.2) is 0 Å². The van der Waals surface area contributed by atoms with E-state index in [0.29, 0.717) is 6.61 Å². The van der Waals surface area contributed by atoms with E-state index in [1.807, 2.05) is 6.92 Å². The normalized spacial score (nSPS) is 36.4. The molecule has 1 rings (SSSR count). The summed E-state index contributed by atoms with van der Waals surface area (Å²) in [5.41, 5.74) is 5.86. The number of rotatable bonds is 5. The molecule has 1 fully saturated rings. The van der Waals surface area contributed by atoms with Crippen LogP contribution in [0.4, 0.5) is 0 Å². The van der Waals surface area contributed by atoms with Gasteiger partial charge in [-0.05, 0) is 6.42 Å². The van der Waals surface area contributed by atoms with Crippen molar-refractivity contribution >= 4 is 5.91 Å². The van der Waals surface area contributed by atoms with Crippen molar-refractivity contribution in [2.45, 2.75) is 50.8 Å². The number of carbonyl (C=O) groups is 1. The Morgan fingerprint density at radius 3 is 2.72 bits per heavy atom. The van der Waals surface area contributed by atoms with E-state index in [0.717, 1.165) is 6.42 Å². The van der Waals surface area contributed by atoms with Gasteiger partial charge in [0.15, 0.2) is 6.29 Å². The molecule has 0 spiro atoms. The largest absolute Gasteiger partial charge is 0.394 e. The lowest BCUT2D eigenvalue weighted by Crippen LogP contribution is -2.67. The third-order valence-corrected chi connectivity index (χ3v) is 2.83. The molecule has 1 amide bonds. The third-order valence-electron chi connectivity index (χ3n) is 2.83. The van der Waals surface area contributed by atoms with E-state index < -0.39 is 30.6 Å². The summed E-state index contributed by atoms with van der Waals surface area (Å²) in [4.78, 5) is 11.1. The Kier molecular flexibility index (Phi) is 5.97.